The second-order valence-corrected chi connectivity index (χ2v) is 17.2. The summed E-state index contributed by atoms with van der Waals surface area (Å²) in [5.74, 6) is 1.65. The van der Waals surface area contributed by atoms with Crippen molar-refractivity contribution in [3.63, 3.8) is 0 Å². The molecule has 0 aliphatic rings. The van der Waals surface area contributed by atoms with Crippen molar-refractivity contribution in [3.8, 4) is 23.0 Å². The van der Waals surface area contributed by atoms with Crippen LogP contribution in [0.1, 0.15) is 185 Å². The van der Waals surface area contributed by atoms with Gasteiger partial charge in [0.1, 0.15) is 23.0 Å². The van der Waals surface area contributed by atoms with E-state index in [4.69, 9.17) is 23.9 Å². The summed E-state index contributed by atoms with van der Waals surface area (Å²) in [7, 11) is 0. The van der Waals surface area contributed by atoms with Crippen molar-refractivity contribution in [1.82, 2.24) is 4.98 Å². The van der Waals surface area contributed by atoms with Crippen LogP contribution < -0.4 is 18.9 Å². The number of ether oxygens (including phenoxy) is 4. The van der Waals surface area contributed by atoms with Crippen molar-refractivity contribution in [2.24, 2.45) is 0 Å². The highest BCUT2D eigenvalue weighted by Crippen LogP contribution is 2.21. The second-order valence-electron chi connectivity index (χ2n) is 17.2. The Bertz CT molecular complexity index is 2000. The van der Waals surface area contributed by atoms with Crippen molar-refractivity contribution < 1.29 is 28.5 Å². The molecule has 5 rings (SSSR count). The lowest BCUT2D eigenvalue weighted by Crippen LogP contribution is -2.08. The number of nitrogens with zero attached hydrogens (tertiary/aromatic N) is 1. The van der Waals surface area contributed by atoms with Crippen LogP contribution in [0.5, 0.6) is 23.0 Å². The molecule has 0 aliphatic carbocycles. The maximum Gasteiger partial charge on any atom is 0.343 e. The lowest BCUT2D eigenvalue weighted by molar-refractivity contribution is 0.0725. The number of pyridine rings is 1. The van der Waals surface area contributed by atoms with E-state index in [2.05, 4.69) is 13.8 Å². The molecular weight excluding hydrogens is 819 g/mol. The molecule has 0 bridgehead atoms. The third-order valence-electron chi connectivity index (χ3n) is 11.6. The lowest BCUT2D eigenvalue weighted by atomic mass is 10.1. The van der Waals surface area contributed by atoms with Crippen LogP contribution in [0.15, 0.2) is 115 Å². The molecule has 1 heterocycles. The summed E-state index contributed by atoms with van der Waals surface area (Å²) in [5, 5.41) is 0. The van der Waals surface area contributed by atoms with Gasteiger partial charge in [-0.2, -0.15) is 0 Å². The molecule has 5 aromatic rings. The zero-order chi connectivity index (χ0) is 46.3. The molecule has 7 heteroatoms. The maximum atomic E-state index is 12.8. The summed E-state index contributed by atoms with van der Waals surface area (Å²) in [6.07, 6.45) is 33.6. The number of carbonyl (C=O) groups excluding carboxylic acids is 2. The summed E-state index contributed by atoms with van der Waals surface area (Å²) in [6.45, 7) is 5.89. The van der Waals surface area contributed by atoms with E-state index in [-0.39, 0.29) is 0 Å². The number of unbranched alkanes of at least 4 members (excludes halogenated alkanes) is 18. The first-order valence-corrected chi connectivity index (χ1v) is 24.9. The molecule has 1 aromatic heterocycles. The van der Waals surface area contributed by atoms with Gasteiger partial charge >= 0.3 is 11.9 Å². The number of benzene rings is 4. The molecule has 0 unspecified atom stereocenters. The summed E-state index contributed by atoms with van der Waals surface area (Å²) >= 11 is 0. The summed E-state index contributed by atoms with van der Waals surface area (Å²) < 4.78 is 23.1. The van der Waals surface area contributed by atoms with Crippen molar-refractivity contribution in [2.75, 3.05) is 13.2 Å². The van der Waals surface area contributed by atoms with Gasteiger partial charge in [-0.1, -0.05) is 172 Å². The van der Waals surface area contributed by atoms with Gasteiger partial charge in [0.15, 0.2) is 0 Å². The largest absolute Gasteiger partial charge is 0.494 e. The van der Waals surface area contributed by atoms with Gasteiger partial charge in [-0.3, -0.25) is 0 Å². The lowest BCUT2D eigenvalue weighted by Gasteiger charge is -2.08. The Hall–Kier alpha value is -5.95. The number of rotatable bonds is 32. The first-order chi connectivity index (χ1) is 32.5. The SMILES string of the molecule is CCCCCCCCCCCCOc1ccc(C(=O)Oc2ccc(/C=C/c3cccc(/C=C/c4ccc(OC(=O)c5ccc(OCCCCCCCCCCCC)cc5)cc4)n3)cc2)cc1. The highest BCUT2D eigenvalue weighted by molar-refractivity contribution is 5.91. The van der Waals surface area contributed by atoms with Gasteiger partial charge in [-0.25, -0.2) is 14.6 Å². The van der Waals surface area contributed by atoms with Crippen LogP contribution in [0.2, 0.25) is 0 Å². The van der Waals surface area contributed by atoms with E-state index >= 15 is 0 Å². The molecule has 0 spiro atoms. The monoisotopic (exact) mass is 892 g/mol. The van der Waals surface area contributed by atoms with E-state index in [0.717, 1.165) is 46.9 Å². The first kappa shape index (κ1) is 51.0. The van der Waals surface area contributed by atoms with Crippen LogP contribution in [0.25, 0.3) is 24.3 Å². The molecule has 4 aromatic carbocycles. The fourth-order valence-electron chi connectivity index (χ4n) is 7.58. The van der Waals surface area contributed by atoms with Crippen molar-refractivity contribution >= 4 is 36.2 Å². The van der Waals surface area contributed by atoms with Gasteiger partial charge in [-0.15, -0.1) is 0 Å². The van der Waals surface area contributed by atoms with E-state index in [1.807, 2.05) is 91.0 Å². The van der Waals surface area contributed by atoms with Crippen LogP contribution in [0.3, 0.4) is 0 Å². The predicted octanol–water partition coefficient (Wildman–Crippen LogP) is 16.5. The van der Waals surface area contributed by atoms with E-state index in [9.17, 15) is 9.59 Å². The minimum atomic E-state index is -0.412. The first-order valence-electron chi connectivity index (χ1n) is 24.9. The number of hydrogen-bond acceptors (Lipinski definition) is 7. The van der Waals surface area contributed by atoms with Crippen molar-refractivity contribution in [1.29, 1.82) is 0 Å². The Labute approximate surface area is 395 Å². The van der Waals surface area contributed by atoms with Crippen LogP contribution >= 0.6 is 0 Å². The topological polar surface area (TPSA) is 84.0 Å². The van der Waals surface area contributed by atoms with Gasteiger partial charge in [-0.05, 0) is 121 Å². The minimum absolute atomic E-state index is 0.412. The third kappa shape index (κ3) is 20.5. The van der Waals surface area contributed by atoms with E-state index < -0.39 is 11.9 Å². The van der Waals surface area contributed by atoms with Crippen LogP contribution in [-0.4, -0.2) is 30.1 Å². The van der Waals surface area contributed by atoms with Gasteiger partial charge in [0, 0.05) is 0 Å². The predicted molar refractivity (Wildman–Crippen MR) is 272 cm³/mol. The Morgan fingerprint density at radius 1 is 0.379 bits per heavy atom. The molecule has 0 saturated carbocycles. The highest BCUT2D eigenvalue weighted by atomic mass is 16.5. The molecular formula is C59H73NO6. The van der Waals surface area contributed by atoms with Gasteiger partial charge < -0.3 is 18.9 Å². The number of aromatic nitrogens is 1. The number of carbonyl (C=O) groups is 2. The van der Waals surface area contributed by atoms with Gasteiger partial charge in [0.2, 0.25) is 0 Å². The molecule has 0 radical (unpaired) electrons. The van der Waals surface area contributed by atoms with Crippen molar-refractivity contribution in [3.05, 3.63) is 149 Å². The van der Waals surface area contributed by atoms with E-state index in [1.54, 1.807) is 48.5 Å². The van der Waals surface area contributed by atoms with Crippen molar-refractivity contribution in [2.45, 2.75) is 142 Å². The molecule has 66 heavy (non-hydrogen) atoms. The normalized spacial score (nSPS) is 11.3. The Balaban J connectivity index is 0.969. The van der Waals surface area contributed by atoms with E-state index in [1.165, 1.54) is 116 Å². The van der Waals surface area contributed by atoms with Gasteiger partial charge in [0.25, 0.3) is 0 Å². The standard InChI is InChI=1S/C59H73NO6/c1-3-5-7-9-11-13-15-17-19-21-46-63-54-42-32-50(33-43-54)58(61)65-56-38-28-48(29-39-56)26-36-52-24-23-25-53(60-52)37-27-49-30-40-57(41-31-49)66-59(62)51-34-44-55(45-35-51)64-47-22-20-18-16-14-12-10-8-6-4-2/h23-45H,3-22,46-47H2,1-2H3/b36-26+,37-27+. The fourth-order valence-corrected chi connectivity index (χ4v) is 7.58. The average molecular weight is 892 g/mol. The zero-order valence-corrected chi connectivity index (χ0v) is 39.7. The maximum absolute atomic E-state index is 12.8. The summed E-state index contributed by atoms with van der Waals surface area (Å²) in [5.41, 5.74) is 4.45. The quantitative estimate of drug-likeness (QED) is 0.0241. The third-order valence-corrected chi connectivity index (χ3v) is 11.6. The molecule has 350 valence electrons. The summed E-state index contributed by atoms with van der Waals surface area (Å²) in [6, 6.07) is 34.9. The Kier molecular flexibility index (Phi) is 24.0. The molecule has 0 fully saturated rings. The molecule has 0 amide bonds. The highest BCUT2D eigenvalue weighted by Gasteiger charge is 2.11. The fraction of sp³-hybridized carbons (Fsp3) is 0.407. The molecule has 0 aliphatic heterocycles. The Morgan fingerprint density at radius 3 is 1.05 bits per heavy atom. The molecule has 0 atom stereocenters. The average Bonchev–Trinajstić information content (AvgIpc) is 3.35. The second kappa shape index (κ2) is 31.1. The molecule has 0 saturated heterocycles. The molecule has 0 N–H and O–H groups in total. The molecule has 7 nitrogen and oxygen atoms in total. The van der Waals surface area contributed by atoms with Crippen LogP contribution in [0.4, 0.5) is 0 Å². The number of esters is 2. The number of hydrogen-bond donors (Lipinski definition) is 0. The smallest absolute Gasteiger partial charge is 0.343 e. The van der Waals surface area contributed by atoms with Crippen LogP contribution in [0, 0.1) is 0 Å². The van der Waals surface area contributed by atoms with E-state index in [0.29, 0.717) is 35.8 Å². The van der Waals surface area contributed by atoms with Gasteiger partial charge in [0.05, 0.1) is 35.7 Å². The minimum Gasteiger partial charge on any atom is -0.494 e. The van der Waals surface area contributed by atoms with Crippen LogP contribution in [-0.2, 0) is 0 Å². The zero-order valence-electron chi connectivity index (χ0n) is 39.7. The Morgan fingerprint density at radius 2 is 0.697 bits per heavy atom. The summed E-state index contributed by atoms with van der Waals surface area (Å²) in [4.78, 5) is 30.4.